The molecule has 2 nitrogen and oxygen atoms in total. The monoisotopic (exact) mass is 256 g/mol. The van der Waals surface area contributed by atoms with Crippen LogP contribution >= 0.6 is 11.8 Å². The van der Waals surface area contributed by atoms with Crippen LogP contribution in [0.1, 0.15) is 46.5 Å². The van der Waals surface area contributed by atoms with E-state index in [-0.39, 0.29) is 0 Å². The lowest BCUT2D eigenvalue weighted by molar-refractivity contribution is 0.0513. The minimum atomic E-state index is 0.326. The highest BCUT2D eigenvalue weighted by Crippen LogP contribution is 2.44. The largest absolute Gasteiger partial charge is 0.329 e. The van der Waals surface area contributed by atoms with Crippen molar-refractivity contribution in [2.24, 2.45) is 11.7 Å². The summed E-state index contributed by atoms with van der Waals surface area (Å²) in [6.45, 7) is 10.4. The van der Waals surface area contributed by atoms with Crippen LogP contribution in [-0.2, 0) is 0 Å². The van der Waals surface area contributed by atoms with Gasteiger partial charge in [-0.05, 0) is 32.6 Å². The number of thioether (sulfide) groups is 1. The molecule has 0 aromatic rings. The number of rotatable bonds is 3. The smallest absolute Gasteiger partial charge is 0.0360 e. The van der Waals surface area contributed by atoms with E-state index in [2.05, 4.69) is 37.4 Å². The lowest BCUT2D eigenvalue weighted by atomic mass is 9.82. The lowest BCUT2D eigenvalue weighted by Crippen LogP contribution is -2.61. The predicted octanol–water partition coefficient (Wildman–Crippen LogP) is 2.72. The lowest BCUT2D eigenvalue weighted by Gasteiger charge is -2.50. The van der Waals surface area contributed by atoms with E-state index in [1.807, 2.05) is 0 Å². The molecule has 3 heteroatoms. The average molecular weight is 256 g/mol. The molecule has 1 aliphatic carbocycles. The van der Waals surface area contributed by atoms with Crippen molar-refractivity contribution in [3.05, 3.63) is 0 Å². The molecule has 0 radical (unpaired) electrons. The van der Waals surface area contributed by atoms with Gasteiger partial charge in [0.1, 0.15) is 0 Å². The van der Waals surface area contributed by atoms with E-state index < -0.39 is 0 Å². The van der Waals surface area contributed by atoms with Crippen molar-refractivity contribution in [3.8, 4) is 0 Å². The summed E-state index contributed by atoms with van der Waals surface area (Å²) >= 11 is 2.12. The van der Waals surface area contributed by atoms with Crippen LogP contribution in [0.15, 0.2) is 0 Å². The molecule has 2 N–H and O–H groups in total. The van der Waals surface area contributed by atoms with Crippen LogP contribution in [0.4, 0.5) is 0 Å². The van der Waals surface area contributed by atoms with E-state index in [1.54, 1.807) is 0 Å². The predicted molar refractivity (Wildman–Crippen MR) is 77.5 cm³/mol. The summed E-state index contributed by atoms with van der Waals surface area (Å²) in [5.74, 6) is 2.09. The van der Waals surface area contributed by atoms with Gasteiger partial charge in [-0.1, -0.05) is 19.8 Å². The van der Waals surface area contributed by atoms with Gasteiger partial charge in [0.2, 0.25) is 0 Å². The molecule has 0 bridgehead atoms. The van der Waals surface area contributed by atoms with Crippen molar-refractivity contribution in [2.75, 3.05) is 25.4 Å². The SMILES string of the molecule is CCC1CCCC1(CN)N1CCSC(C)(C)C1. The molecule has 2 rings (SSSR count). The van der Waals surface area contributed by atoms with E-state index in [4.69, 9.17) is 5.73 Å². The Labute approximate surface area is 111 Å². The van der Waals surface area contributed by atoms with E-state index in [1.165, 1.54) is 44.5 Å². The fraction of sp³-hybridized carbons (Fsp3) is 1.00. The quantitative estimate of drug-likeness (QED) is 0.842. The van der Waals surface area contributed by atoms with Crippen LogP contribution in [0.3, 0.4) is 0 Å². The highest BCUT2D eigenvalue weighted by atomic mass is 32.2. The molecule has 100 valence electrons. The Kier molecular flexibility index (Phi) is 4.11. The first kappa shape index (κ1) is 13.7. The van der Waals surface area contributed by atoms with Crippen LogP contribution in [-0.4, -0.2) is 40.6 Å². The van der Waals surface area contributed by atoms with Gasteiger partial charge in [-0.3, -0.25) is 4.90 Å². The molecule has 2 atom stereocenters. The highest BCUT2D eigenvalue weighted by Gasteiger charge is 2.47. The van der Waals surface area contributed by atoms with Crippen molar-refractivity contribution in [1.29, 1.82) is 0 Å². The number of nitrogens with two attached hydrogens (primary N) is 1. The van der Waals surface area contributed by atoms with Gasteiger partial charge in [0.25, 0.3) is 0 Å². The Morgan fingerprint density at radius 3 is 2.76 bits per heavy atom. The minimum Gasteiger partial charge on any atom is -0.329 e. The molecule has 2 aliphatic rings. The van der Waals surface area contributed by atoms with Gasteiger partial charge < -0.3 is 5.73 Å². The van der Waals surface area contributed by atoms with Gasteiger partial charge in [-0.2, -0.15) is 11.8 Å². The summed E-state index contributed by atoms with van der Waals surface area (Å²) in [6, 6.07) is 0. The molecule has 2 fully saturated rings. The Balaban J connectivity index is 2.17. The van der Waals surface area contributed by atoms with Gasteiger partial charge in [-0.25, -0.2) is 0 Å². The Morgan fingerprint density at radius 1 is 1.41 bits per heavy atom. The zero-order chi connectivity index (χ0) is 12.5. The Hall–Kier alpha value is 0.270. The zero-order valence-electron chi connectivity index (χ0n) is 11.7. The fourth-order valence-corrected chi connectivity index (χ4v) is 5.03. The third-order valence-corrected chi connectivity index (χ3v) is 6.12. The summed E-state index contributed by atoms with van der Waals surface area (Å²) in [4.78, 5) is 2.74. The third-order valence-electron chi connectivity index (χ3n) is 4.82. The maximum atomic E-state index is 6.21. The van der Waals surface area contributed by atoms with Crippen molar-refractivity contribution in [1.82, 2.24) is 4.90 Å². The molecular formula is C14H28N2S. The summed E-state index contributed by atoms with van der Waals surface area (Å²) in [5, 5.41) is 0. The number of hydrogen-bond donors (Lipinski definition) is 1. The molecule has 17 heavy (non-hydrogen) atoms. The van der Waals surface area contributed by atoms with Crippen molar-refractivity contribution >= 4 is 11.8 Å². The molecule has 2 unspecified atom stereocenters. The Bertz CT molecular complexity index is 267. The summed E-state index contributed by atoms with van der Waals surface area (Å²) in [5.41, 5.74) is 6.53. The van der Waals surface area contributed by atoms with E-state index in [0.717, 1.165) is 12.5 Å². The van der Waals surface area contributed by atoms with Gasteiger partial charge in [0, 0.05) is 35.7 Å². The summed E-state index contributed by atoms with van der Waals surface area (Å²) in [6.07, 6.45) is 5.38. The van der Waals surface area contributed by atoms with Gasteiger partial charge in [0.15, 0.2) is 0 Å². The topological polar surface area (TPSA) is 29.3 Å². The molecule has 1 saturated carbocycles. The van der Waals surface area contributed by atoms with Crippen LogP contribution in [0.2, 0.25) is 0 Å². The first-order valence-corrected chi connectivity index (χ1v) is 8.12. The standard InChI is InChI=1S/C14H28N2S/c1-4-12-6-5-7-14(12,10-15)16-8-9-17-13(2,3)11-16/h12H,4-11,15H2,1-3H3. The van der Waals surface area contributed by atoms with Crippen LogP contribution in [0.25, 0.3) is 0 Å². The maximum Gasteiger partial charge on any atom is 0.0360 e. The van der Waals surface area contributed by atoms with E-state index >= 15 is 0 Å². The first-order valence-electron chi connectivity index (χ1n) is 7.13. The molecule has 0 amide bonds. The first-order chi connectivity index (χ1) is 8.04. The normalized spacial score (nSPS) is 38.5. The van der Waals surface area contributed by atoms with Crippen LogP contribution < -0.4 is 5.73 Å². The zero-order valence-corrected chi connectivity index (χ0v) is 12.5. The second-order valence-corrected chi connectivity index (χ2v) is 8.14. The second kappa shape index (κ2) is 5.10. The molecule has 0 aromatic carbocycles. The van der Waals surface area contributed by atoms with E-state index in [9.17, 15) is 0 Å². The van der Waals surface area contributed by atoms with Crippen molar-refractivity contribution in [3.63, 3.8) is 0 Å². The highest BCUT2D eigenvalue weighted by molar-refractivity contribution is 8.00. The minimum absolute atomic E-state index is 0.326. The summed E-state index contributed by atoms with van der Waals surface area (Å²) in [7, 11) is 0. The molecule has 0 aromatic heterocycles. The number of hydrogen-bond acceptors (Lipinski definition) is 3. The van der Waals surface area contributed by atoms with Crippen LogP contribution in [0.5, 0.6) is 0 Å². The second-order valence-electron chi connectivity index (χ2n) is 6.33. The molecule has 0 spiro atoms. The number of nitrogens with zero attached hydrogens (tertiary/aromatic N) is 1. The molecule has 1 aliphatic heterocycles. The van der Waals surface area contributed by atoms with E-state index in [0.29, 0.717) is 10.3 Å². The molecule has 1 heterocycles. The van der Waals surface area contributed by atoms with Gasteiger partial charge in [0.05, 0.1) is 0 Å². The third kappa shape index (κ3) is 2.52. The van der Waals surface area contributed by atoms with Crippen molar-refractivity contribution < 1.29 is 0 Å². The maximum absolute atomic E-state index is 6.21. The fourth-order valence-electron chi connectivity index (χ4n) is 3.92. The molecular weight excluding hydrogens is 228 g/mol. The summed E-state index contributed by atoms with van der Waals surface area (Å²) < 4.78 is 0.404. The van der Waals surface area contributed by atoms with Crippen LogP contribution in [0, 0.1) is 5.92 Å². The average Bonchev–Trinajstić information content (AvgIpc) is 2.71. The Morgan fingerprint density at radius 2 is 2.18 bits per heavy atom. The van der Waals surface area contributed by atoms with Gasteiger partial charge >= 0.3 is 0 Å². The van der Waals surface area contributed by atoms with Gasteiger partial charge in [-0.15, -0.1) is 0 Å². The van der Waals surface area contributed by atoms with Crippen molar-refractivity contribution in [2.45, 2.75) is 56.7 Å². The molecule has 1 saturated heterocycles.